The van der Waals surface area contributed by atoms with Crippen molar-refractivity contribution in [3.63, 3.8) is 0 Å². The van der Waals surface area contributed by atoms with Crippen molar-refractivity contribution in [2.75, 3.05) is 0 Å². The zero-order valence-corrected chi connectivity index (χ0v) is 14.0. The molecule has 3 aromatic heterocycles. The third-order valence-corrected chi connectivity index (χ3v) is 4.69. The van der Waals surface area contributed by atoms with Crippen LogP contribution in [0.25, 0.3) is 21.0 Å². The number of para-hydroxylation sites is 1. The van der Waals surface area contributed by atoms with E-state index in [0.717, 1.165) is 15.2 Å². The van der Waals surface area contributed by atoms with Crippen LogP contribution in [0.1, 0.15) is 5.76 Å². The molecular formula is C14H9N5OS3. The van der Waals surface area contributed by atoms with Crippen LogP contribution in [0, 0.1) is 9.54 Å². The highest BCUT2D eigenvalue weighted by molar-refractivity contribution is 7.72. The average Bonchev–Trinajstić information content (AvgIpc) is 3.25. The number of hydrogen-bond acceptors (Lipinski definition) is 6. The second-order valence-electron chi connectivity index (χ2n) is 4.61. The van der Waals surface area contributed by atoms with E-state index in [1.807, 2.05) is 36.4 Å². The summed E-state index contributed by atoms with van der Waals surface area (Å²) in [4.78, 5) is 4.57. The lowest BCUT2D eigenvalue weighted by atomic mass is 10.3. The topological polar surface area (TPSA) is 74.9 Å². The molecule has 23 heavy (non-hydrogen) atoms. The molecule has 2 N–H and O–H groups in total. The summed E-state index contributed by atoms with van der Waals surface area (Å²) in [5, 5.41) is 10.5. The van der Waals surface area contributed by atoms with Crippen molar-refractivity contribution in [2.45, 2.75) is 0 Å². The van der Waals surface area contributed by atoms with E-state index in [0.29, 0.717) is 21.1 Å². The Hall–Kier alpha value is -2.36. The van der Waals surface area contributed by atoms with Crippen LogP contribution in [0.2, 0.25) is 0 Å². The molecule has 1 aromatic carbocycles. The van der Waals surface area contributed by atoms with Crippen LogP contribution in [0.3, 0.4) is 0 Å². The molecule has 0 spiro atoms. The average molecular weight is 359 g/mol. The summed E-state index contributed by atoms with van der Waals surface area (Å²) in [6, 6.07) is 11.7. The first-order chi connectivity index (χ1) is 11.2. The van der Waals surface area contributed by atoms with Crippen molar-refractivity contribution < 1.29 is 4.42 Å². The van der Waals surface area contributed by atoms with Crippen LogP contribution in [-0.2, 0) is 0 Å². The van der Waals surface area contributed by atoms with Gasteiger partial charge < -0.3 is 4.42 Å². The third-order valence-electron chi connectivity index (χ3n) is 3.09. The van der Waals surface area contributed by atoms with Gasteiger partial charge in [-0.1, -0.05) is 12.1 Å². The molecule has 0 aliphatic heterocycles. The molecule has 4 aromatic rings. The van der Waals surface area contributed by atoms with Crippen LogP contribution < -0.4 is 0 Å². The number of thiazole rings is 1. The molecule has 0 radical (unpaired) electrons. The number of H-pyrrole nitrogens is 2. The summed E-state index contributed by atoms with van der Waals surface area (Å²) in [6.45, 7) is 0. The van der Waals surface area contributed by atoms with E-state index in [1.54, 1.807) is 17.6 Å². The fourth-order valence-electron chi connectivity index (χ4n) is 2.04. The lowest BCUT2D eigenvalue weighted by Gasteiger charge is -1.90. The molecule has 3 heterocycles. The Morgan fingerprint density at radius 1 is 1.13 bits per heavy atom. The van der Waals surface area contributed by atoms with Gasteiger partial charge in [0.25, 0.3) is 0 Å². The van der Waals surface area contributed by atoms with Crippen LogP contribution >= 0.6 is 35.8 Å². The predicted octanol–water partition coefficient (Wildman–Crippen LogP) is 4.36. The minimum atomic E-state index is 0.393. The summed E-state index contributed by atoms with van der Waals surface area (Å²) in [7, 11) is 0. The molecule has 0 saturated carbocycles. The molecule has 0 unspecified atom stereocenters. The normalized spacial score (nSPS) is 11.7. The second kappa shape index (κ2) is 5.69. The van der Waals surface area contributed by atoms with E-state index in [2.05, 4.69) is 20.3 Å². The molecule has 114 valence electrons. The summed E-state index contributed by atoms with van der Waals surface area (Å²) in [5.74, 6) is 1.30. The maximum atomic E-state index is 5.77. The number of rotatable bonds is 3. The Kier molecular flexibility index (Phi) is 3.52. The predicted molar refractivity (Wildman–Crippen MR) is 95.1 cm³/mol. The van der Waals surface area contributed by atoms with E-state index >= 15 is 0 Å². The Balaban J connectivity index is 1.66. The molecule has 0 bridgehead atoms. The molecule has 9 heteroatoms. The number of nitrogens with one attached hydrogen (secondary N) is 2. The van der Waals surface area contributed by atoms with E-state index in [1.165, 1.54) is 4.68 Å². The SMILES string of the molecule is S=c1[nH][nH]c(=S)n1/N=C/c1ccc(-c2nc3ccccc3s2)o1. The van der Waals surface area contributed by atoms with Crippen LogP contribution in [0.5, 0.6) is 0 Å². The van der Waals surface area contributed by atoms with E-state index < -0.39 is 0 Å². The molecule has 0 saturated heterocycles. The minimum absolute atomic E-state index is 0.393. The maximum Gasteiger partial charge on any atom is 0.215 e. The zero-order chi connectivity index (χ0) is 15.8. The van der Waals surface area contributed by atoms with Crippen LogP contribution in [-0.4, -0.2) is 26.1 Å². The molecule has 6 nitrogen and oxygen atoms in total. The second-order valence-corrected chi connectivity index (χ2v) is 6.41. The number of hydrogen-bond donors (Lipinski definition) is 2. The van der Waals surface area contributed by atoms with E-state index in [-0.39, 0.29) is 0 Å². The van der Waals surface area contributed by atoms with E-state index in [9.17, 15) is 0 Å². The number of benzene rings is 1. The fraction of sp³-hybridized carbons (Fsp3) is 0. The van der Waals surface area contributed by atoms with Gasteiger partial charge in [-0.25, -0.2) is 4.98 Å². The first kappa shape index (κ1) is 14.2. The van der Waals surface area contributed by atoms with Gasteiger partial charge >= 0.3 is 0 Å². The van der Waals surface area contributed by atoms with Gasteiger partial charge in [0.15, 0.2) is 10.8 Å². The summed E-state index contributed by atoms with van der Waals surface area (Å²) < 4.78 is 9.09. The van der Waals surface area contributed by atoms with Gasteiger partial charge in [0.1, 0.15) is 5.76 Å². The zero-order valence-electron chi connectivity index (χ0n) is 11.5. The van der Waals surface area contributed by atoms with Gasteiger partial charge in [-0.2, -0.15) is 9.78 Å². The molecule has 0 amide bonds. The van der Waals surface area contributed by atoms with Gasteiger partial charge in [-0.15, -0.1) is 11.3 Å². The smallest absolute Gasteiger partial charge is 0.215 e. The van der Waals surface area contributed by atoms with Crippen molar-refractivity contribution in [1.82, 2.24) is 19.9 Å². The number of aromatic amines is 2. The number of aromatic nitrogens is 4. The monoisotopic (exact) mass is 359 g/mol. The molecule has 0 atom stereocenters. The van der Waals surface area contributed by atoms with Crippen molar-refractivity contribution in [1.29, 1.82) is 0 Å². The van der Waals surface area contributed by atoms with Crippen molar-refractivity contribution in [3.8, 4) is 10.8 Å². The lowest BCUT2D eigenvalue weighted by molar-refractivity contribution is 0.573. The summed E-state index contributed by atoms with van der Waals surface area (Å²) in [5.41, 5.74) is 0.962. The first-order valence-electron chi connectivity index (χ1n) is 6.60. The lowest BCUT2D eigenvalue weighted by Crippen LogP contribution is -1.89. The number of nitrogens with zero attached hydrogens (tertiary/aromatic N) is 3. The Bertz CT molecular complexity index is 1070. The highest BCUT2D eigenvalue weighted by Crippen LogP contribution is 2.30. The molecule has 0 aliphatic rings. The maximum absolute atomic E-state index is 5.77. The fourth-order valence-corrected chi connectivity index (χ4v) is 3.40. The largest absolute Gasteiger partial charge is 0.453 e. The summed E-state index contributed by atoms with van der Waals surface area (Å²) >= 11 is 11.7. The van der Waals surface area contributed by atoms with Gasteiger partial charge in [-0.3, -0.25) is 10.2 Å². The Morgan fingerprint density at radius 2 is 1.91 bits per heavy atom. The van der Waals surface area contributed by atoms with Crippen LogP contribution in [0.15, 0.2) is 45.9 Å². The highest BCUT2D eigenvalue weighted by atomic mass is 32.1. The molecule has 4 rings (SSSR count). The number of furan rings is 1. The minimum Gasteiger partial charge on any atom is -0.453 e. The molecule has 0 fully saturated rings. The Morgan fingerprint density at radius 3 is 2.70 bits per heavy atom. The van der Waals surface area contributed by atoms with E-state index in [4.69, 9.17) is 28.9 Å². The highest BCUT2D eigenvalue weighted by Gasteiger charge is 2.09. The van der Waals surface area contributed by atoms with Crippen molar-refractivity contribution in [2.24, 2.45) is 5.10 Å². The third kappa shape index (κ3) is 2.69. The van der Waals surface area contributed by atoms with Gasteiger partial charge in [0.2, 0.25) is 9.54 Å². The van der Waals surface area contributed by atoms with Crippen LogP contribution in [0.4, 0.5) is 0 Å². The number of fused-ring (bicyclic) bond motifs is 1. The standard InChI is InChI=1S/C14H9N5OS3/c21-13-17-18-14(22)19(13)15-7-8-5-6-10(20-8)12-16-9-3-1-2-4-11(9)23-12/h1-7H,(H,17,21)(H,18,22)/b15-7+. The quantitative estimate of drug-likeness (QED) is 0.421. The van der Waals surface area contributed by atoms with Gasteiger partial charge in [-0.05, 0) is 48.7 Å². The molecule has 0 aliphatic carbocycles. The van der Waals surface area contributed by atoms with Crippen molar-refractivity contribution in [3.05, 3.63) is 51.7 Å². The molecular weight excluding hydrogens is 350 g/mol. The first-order valence-corrected chi connectivity index (χ1v) is 8.24. The van der Waals surface area contributed by atoms with Crippen molar-refractivity contribution >= 4 is 52.2 Å². The van der Waals surface area contributed by atoms with Gasteiger partial charge in [0.05, 0.1) is 16.4 Å². The summed E-state index contributed by atoms with van der Waals surface area (Å²) in [6.07, 6.45) is 1.56. The van der Waals surface area contributed by atoms with Gasteiger partial charge in [0, 0.05) is 0 Å². The Labute approximate surface area is 144 Å².